The average molecular weight is 709 g/mol. The van der Waals surface area contributed by atoms with Crippen LogP contribution >= 0.6 is 0 Å². The van der Waals surface area contributed by atoms with Crippen molar-refractivity contribution in [1.82, 2.24) is 0 Å². The van der Waals surface area contributed by atoms with Gasteiger partial charge in [0.05, 0.1) is 34.4 Å². The zero-order chi connectivity index (χ0) is 36.5. The van der Waals surface area contributed by atoms with Crippen molar-refractivity contribution in [2.75, 3.05) is 6.61 Å². The first-order valence-electron chi connectivity index (χ1n) is 16.3. The lowest BCUT2D eigenvalue weighted by Crippen LogP contribution is -2.63. The van der Waals surface area contributed by atoms with Crippen LogP contribution in [-0.4, -0.2) is 61.2 Å². The van der Waals surface area contributed by atoms with Crippen LogP contribution in [0, 0.1) is 12.7 Å². The summed E-state index contributed by atoms with van der Waals surface area (Å²) < 4.78 is 55.7. The Hall–Kier alpha value is -6.11. The molecule has 11 nitrogen and oxygen atoms in total. The molecule has 2 heterocycles. The number of hydrogen-bond donors (Lipinski definition) is 0. The summed E-state index contributed by atoms with van der Waals surface area (Å²) in [7, 11) is 0. The van der Waals surface area contributed by atoms with Gasteiger partial charge in [0.1, 0.15) is 24.7 Å². The first kappa shape index (κ1) is 35.7. The van der Waals surface area contributed by atoms with Gasteiger partial charge in [-0.15, -0.1) is 0 Å². The number of esters is 4. The van der Waals surface area contributed by atoms with Gasteiger partial charge in [-0.3, -0.25) is 0 Å². The molecule has 5 aromatic rings. The van der Waals surface area contributed by atoms with E-state index >= 15 is 0 Å². The van der Waals surface area contributed by atoms with Gasteiger partial charge in [-0.1, -0.05) is 72.8 Å². The highest BCUT2D eigenvalue weighted by atomic mass is 19.1. The molecule has 1 saturated heterocycles. The Kier molecular flexibility index (Phi) is 11.5. The van der Waals surface area contributed by atoms with Gasteiger partial charge in [-0.2, -0.15) is 0 Å². The maximum atomic E-state index is 14.7. The van der Waals surface area contributed by atoms with E-state index in [1.807, 2.05) is 0 Å². The van der Waals surface area contributed by atoms with E-state index in [1.54, 1.807) is 84.9 Å². The number of aryl methyl sites for hydroxylation is 1. The smallest absolute Gasteiger partial charge is 0.338 e. The van der Waals surface area contributed by atoms with E-state index in [0.29, 0.717) is 0 Å². The molecule has 0 spiro atoms. The Labute approximate surface area is 297 Å². The lowest BCUT2D eigenvalue weighted by Gasteiger charge is -2.44. The molecule has 1 aromatic heterocycles. The molecule has 0 N–H and O–H groups in total. The van der Waals surface area contributed by atoms with E-state index in [9.17, 15) is 23.6 Å². The minimum absolute atomic E-state index is 0.0549. The maximum absolute atomic E-state index is 14.7. The van der Waals surface area contributed by atoms with Crippen LogP contribution < -0.4 is 0 Å². The van der Waals surface area contributed by atoms with Crippen molar-refractivity contribution < 1.29 is 56.4 Å². The Morgan fingerprint density at radius 1 is 0.596 bits per heavy atom. The first-order chi connectivity index (χ1) is 25.3. The standard InChI is InChI=1S/C40H33FO11/c1-25-30(31(41)23-46-25)22-48-40-35(52-39(45)29-20-12-5-13-21-29)34(51-38(44)28-18-10-4-11-19-28)33(50-37(43)27-16-8-3-9-17-27)32(49-40)24-47-36(42)26-14-6-2-7-15-26/h2-21,23,32-35,40H,22,24H2,1H3/t32-,33+,34+,35-,40-/m1/s1. The van der Waals surface area contributed by atoms with Gasteiger partial charge in [-0.25, -0.2) is 23.6 Å². The van der Waals surface area contributed by atoms with E-state index in [0.717, 1.165) is 6.26 Å². The molecule has 6 rings (SSSR count). The number of hydrogen-bond acceptors (Lipinski definition) is 11. The van der Waals surface area contributed by atoms with Crippen LogP contribution in [0.25, 0.3) is 0 Å². The van der Waals surface area contributed by atoms with Gasteiger partial charge < -0.3 is 32.8 Å². The monoisotopic (exact) mass is 708 g/mol. The van der Waals surface area contributed by atoms with Crippen LogP contribution in [0.15, 0.2) is 132 Å². The Morgan fingerprint density at radius 3 is 1.46 bits per heavy atom. The third-order valence-electron chi connectivity index (χ3n) is 8.18. The molecular formula is C40H33FO11. The number of benzene rings is 4. The highest BCUT2D eigenvalue weighted by molar-refractivity contribution is 5.91. The fraction of sp³-hybridized carbons (Fsp3) is 0.200. The molecule has 1 aliphatic heterocycles. The second-order valence-corrected chi connectivity index (χ2v) is 11.6. The Morgan fingerprint density at radius 2 is 1.02 bits per heavy atom. The quantitative estimate of drug-likeness (QED) is 0.104. The second kappa shape index (κ2) is 16.7. The predicted molar refractivity (Wildman–Crippen MR) is 181 cm³/mol. The normalized spacial score (nSPS) is 19.6. The lowest BCUT2D eigenvalue weighted by atomic mass is 9.97. The van der Waals surface area contributed by atoms with Crippen molar-refractivity contribution in [2.45, 2.75) is 44.2 Å². The predicted octanol–water partition coefficient (Wildman–Crippen LogP) is 6.50. The molecule has 0 saturated carbocycles. The Balaban J connectivity index is 1.40. The third kappa shape index (κ3) is 8.60. The van der Waals surface area contributed by atoms with Gasteiger partial charge in [-0.05, 0) is 55.5 Å². The van der Waals surface area contributed by atoms with Crippen molar-refractivity contribution in [1.29, 1.82) is 0 Å². The minimum atomic E-state index is -1.61. The lowest BCUT2D eigenvalue weighted by molar-refractivity contribution is -0.301. The van der Waals surface area contributed by atoms with Crippen LogP contribution in [0.2, 0.25) is 0 Å². The fourth-order valence-electron chi connectivity index (χ4n) is 5.45. The number of carbonyl (C=O) groups is 4. The third-order valence-corrected chi connectivity index (χ3v) is 8.18. The average Bonchev–Trinajstić information content (AvgIpc) is 3.51. The van der Waals surface area contributed by atoms with Gasteiger partial charge in [0, 0.05) is 0 Å². The molecule has 4 aromatic carbocycles. The second-order valence-electron chi connectivity index (χ2n) is 11.6. The molecular weight excluding hydrogens is 675 g/mol. The van der Waals surface area contributed by atoms with Gasteiger partial charge in [0.25, 0.3) is 0 Å². The summed E-state index contributed by atoms with van der Waals surface area (Å²) in [6, 6.07) is 32.1. The fourth-order valence-corrected chi connectivity index (χ4v) is 5.45. The molecule has 5 atom stereocenters. The largest absolute Gasteiger partial charge is 0.466 e. The zero-order valence-corrected chi connectivity index (χ0v) is 27.8. The summed E-state index contributed by atoms with van der Waals surface area (Å²) in [6.45, 7) is 0.576. The minimum Gasteiger partial charge on any atom is -0.466 e. The van der Waals surface area contributed by atoms with Crippen LogP contribution in [0.5, 0.6) is 0 Å². The van der Waals surface area contributed by atoms with E-state index in [2.05, 4.69) is 0 Å². The molecule has 52 heavy (non-hydrogen) atoms. The van der Waals surface area contributed by atoms with Crippen molar-refractivity contribution in [3.63, 3.8) is 0 Å². The molecule has 0 bridgehead atoms. The van der Waals surface area contributed by atoms with Crippen LogP contribution in [-0.2, 0) is 35.0 Å². The number of furan rings is 1. The van der Waals surface area contributed by atoms with E-state index < -0.39 is 73.6 Å². The summed E-state index contributed by atoms with van der Waals surface area (Å²) in [5.74, 6) is -3.73. The summed E-state index contributed by atoms with van der Waals surface area (Å²) in [5.41, 5.74) is 0.715. The van der Waals surface area contributed by atoms with E-state index in [1.165, 1.54) is 43.3 Å². The van der Waals surface area contributed by atoms with Crippen molar-refractivity contribution in [3.8, 4) is 0 Å². The molecule has 1 aliphatic rings. The van der Waals surface area contributed by atoms with Gasteiger partial charge in [0.15, 0.2) is 30.4 Å². The first-order valence-corrected chi connectivity index (χ1v) is 16.3. The van der Waals surface area contributed by atoms with E-state index in [-0.39, 0.29) is 33.6 Å². The summed E-state index contributed by atoms with van der Waals surface area (Å²) in [4.78, 5) is 53.9. The summed E-state index contributed by atoms with van der Waals surface area (Å²) in [5, 5.41) is 0. The molecule has 266 valence electrons. The molecule has 12 heteroatoms. The van der Waals surface area contributed by atoms with Crippen molar-refractivity contribution in [3.05, 3.63) is 167 Å². The van der Waals surface area contributed by atoms with Gasteiger partial charge >= 0.3 is 23.9 Å². The molecule has 0 amide bonds. The Bertz CT molecular complexity index is 1950. The van der Waals surface area contributed by atoms with Crippen LogP contribution in [0.4, 0.5) is 4.39 Å². The molecule has 1 fully saturated rings. The molecule has 0 unspecified atom stereocenters. The highest BCUT2D eigenvalue weighted by Gasteiger charge is 2.53. The molecule has 0 radical (unpaired) electrons. The number of rotatable bonds is 12. The number of carbonyl (C=O) groups excluding carboxylic acids is 4. The van der Waals surface area contributed by atoms with Gasteiger partial charge in [0.2, 0.25) is 0 Å². The SMILES string of the molecule is Cc1occ(F)c1CO[C@@H]1O[C@H](COC(=O)c2ccccc2)[C@H](OC(=O)c2ccccc2)[C@H](OC(=O)c2ccccc2)[C@H]1OC(=O)c1ccccc1. The van der Waals surface area contributed by atoms with E-state index in [4.69, 9.17) is 32.8 Å². The topological polar surface area (TPSA) is 137 Å². The van der Waals surface area contributed by atoms with Crippen LogP contribution in [0.3, 0.4) is 0 Å². The highest BCUT2D eigenvalue weighted by Crippen LogP contribution is 2.33. The molecule has 0 aliphatic carbocycles. The van der Waals surface area contributed by atoms with Crippen molar-refractivity contribution >= 4 is 23.9 Å². The van der Waals surface area contributed by atoms with Crippen molar-refractivity contribution in [2.24, 2.45) is 0 Å². The zero-order valence-electron chi connectivity index (χ0n) is 27.8. The summed E-state index contributed by atoms with van der Waals surface area (Å²) >= 11 is 0. The number of ether oxygens (including phenoxy) is 6. The summed E-state index contributed by atoms with van der Waals surface area (Å²) in [6.07, 6.45) is -6.78. The number of halogens is 1. The van der Waals surface area contributed by atoms with Crippen LogP contribution in [0.1, 0.15) is 52.8 Å². The maximum Gasteiger partial charge on any atom is 0.338 e.